The lowest BCUT2D eigenvalue weighted by molar-refractivity contribution is -0.213. The third-order valence-corrected chi connectivity index (χ3v) is 5.86. The molecule has 3 fully saturated rings. The maximum Gasteiger partial charge on any atom is 0.254 e. The first-order valence-corrected chi connectivity index (χ1v) is 9.42. The number of nitrogens with zero attached hydrogens (tertiary/aromatic N) is 2. The first-order valence-electron chi connectivity index (χ1n) is 9.42. The van der Waals surface area contributed by atoms with Crippen LogP contribution in [0.5, 0.6) is 0 Å². The number of carbonyl (C=O) groups excluding carboxylic acids is 2. The lowest BCUT2D eigenvalue weighted by Gasteiger charge is -2.61. The lowest BCUT2D eigenvalue weighted by Crippen LogP contribution is -2.79. The Balaban J connectivity index is 1.52. The van der Waals surface area contributed by atoms with Crippen LogP contribution in [-0.4, -0.2) is 99.6 Å². The molecule has 3 saturated heterocycles. The second kappa shape index (κ2) is 8.65. The van der Waals surface area contributed by atoms with E-state index in [0.29, 0.717) is 39.5 Å². The average Bonchev–Trinajstić information content (AvgIpc) is 2.67. The van der Waals surface area contributed by atoms with Gasteiger partial charge < -0.3 is 28.7 Å². The highest BCUT2D eigenvalue weighted by molar-refractivity contribution is 5.91. The van der Waals surface area contributed by atoms with Crippen molar-refractivity contribution in [2.45, 2.75) is 43.4 Å². The zero-order valence-corrected chi connectivity index (χ0v) is 15.8. The number of β-lactam (4-membered cyclic amide) rings is 1. The van der Waals surface area contributed by atoms with Gasteiger partial charge in [-0.05, 0) is 25.7 Å². The third kappa shape index (κ3) is 3.60. The van der Waals surface area contributed by atoms with E-state index >= 15 is 0 Å². The lowest BCUT2D eigenvalue weighted by atomic mass is 9.72. The molecule has 148 valence electrons. The fourth-order valence-electron chi connectivity index (χ4n) is 4.49. The van der Waals surface area contributed by atoms with Gasteiger partial charge in [-0.3, -0.25) is 9.59 Å². The summed E-state index contributed by atoms with van der Waals surface area (Å²) >= 11 is 0. The molecule has 1 atom stereocenters. The van der Waals surface area contributed by atoms with E-state index in [9.17, 15) is 9.59 Å². The van der Waals surface area contributed by atoms with Crippen molar-refractivity contribution >= 4 is 11.8 Å². The number of piperidine rings is 1. The molecule has 0 aromatic rings. The second-order valence-corrected chi connectivity index (χ2v) is 7.20. The van der Waals surface area contributed by atoms with Gasteiger partial charge in [0.2, 0.25) is 5.91 Å². The summed E-state index contributed by atoms with van der Waals surface area (Å²) in [6.07, 6.45) is 2.90. The molecule has 3 aliphatic heterocycles. The van der Waals surface area contributed by atoms with Gasteiger partial charge in [0.15, 0.2) is 6.10 Å². The van der Waals surface area contributed by atoms with Crippen molar-refractivity contribution in [2.24, 2.45) is 0 Å². The first-order chi connectivity index (χ1) is 12.6. The predicted octanol–water partition coefficient (Wildman–Crippen LogP) is 0.0468. The van der Waals surface area contributed by atoms with Gasteiger partial charge in [0, 0.05) is 46.6 Å². The number of amides is 2. The van der Waals surface area contributed by atoms with Gasteiger partial charge in [-0.15, -0.1) is 0 Å². The molecule has 8 heteroatoms. The third-order valence-electron chi connectivity index (χ3n) is 5.86. The fraction of sp³-hybridized carbons (Fsp3) is 0.889. The maximum absolute atomic E-state index is 12.6. The average molecular weight is 370 g/mol. The van der Waals surface area contributed by atoms with E-state index in [-0.39, 0.29) is 36.1 Å². The van der Waals surface area contributed by atoms with Gasteiger partial charge in [0.25, 0.3) is 5.91 Å². The number of hydrogen-bond acceptors (Lipinski definition) is 6. The van der Waals surface area contributed by atoms with Crippen LogP contribution in [-0.2, 0) is 28.5 Å². The molecule has 0 N–H and O–H groups in total. The van der Waals surface area contributed by atoms with Crippen molar-refractivity contribution in [3.05, 3.63) is 0 Å². The van der Waals surface area contributed by atoms with Gasteiger partial charge in [-0.1, -0.05) is 0 Å². The van der Waals surface area contributed by atoms with Crippen LogP contribution in [0, 0.1) is 0 Å². The summed E-state index contributed by atoms with van der Waals surface area (Å²) < 4.78 is 21.2. The van der Waals surface area contributed by atoms with Crippen molar-refractivity contribution in [2.75, 3.05) is 60.3 Å². The molecule has 0 radical (unpaired) electrons. The van der Waals surface area contributed by atoms with Crippen LogP contribution in [0.4, 0.5) is 0 Å². The number of hydrogen-bond donors (Lipinski definition) is 0. The largest absolute Gasteiger partial charge is 0.382 e. The molecule has 0 aromatic carbocycles. The summed E-state index contributed by atoms with van der Waals surface area (Å²) in [6, 6.07) is 0.172. The number of rotatable bonds is 7. The minimum atomic E-state index is -0.347. The highest BCUT2D eigenvalue weighted by Gasteiger charge is 2.62. The Morgan fingerprint density at radius 3 is 2.50 bits per heavy atom. The molecule has 3 aliphatic rings. The van der Waals surface area contributed by atoms with E-state index in [4.69, 9.17) is 18.9 Å². The van der Waals surface area contributed by atoms with Crippen molar-refractivity contribution < 1.29 is 28.5 Å². The molecule has 3 heterocycles. The van der Waals surface area contributed by atoms with Gasteiger partial charge >= 0.3 is 0 Å². The van der Waals surface area contributed by atoms with Crippen LogP contribution < -0.4 is 0 Å². The van der Waals surface area contributed by atoms with Crippen molar-refractivity contribution in [1.29, 1.82) is 0 Å². The first kappa shape index (κ1) is 19.5. The van der Waals surface area contributed by atoms with Crippen LogP contribution >= 0.6 is 0 Å². The molecule has 0 saturated carbocycles. The van der Waals surface area contributed by atoms with E-state index in [1.54, 1.807) is 14.2 Å². The highest BCUT2D eigenvalue weighted by atomic mass is 16.5. The predicted molar refractivity (Wildman–Crippen MR) is 92.7 cm³/mol. The Kier molecular flexibility index (Phi) is 6.50. The Labute approximate surface area is 154 Å². The summed E-state index contributed by atoms with van der Waals surface area (Å²) in [5, 5.41) is 0. The highest BCUT2D eigenvalue weighted by Crippen LogP contribution is 2.45. The quantitative estimate of drug-likeness (QED) is 0.465. The van der Waals surface area contributed by atoms with Crippen molar-refractivity contribution in [3.8, 4) is 0 Å². The summed E-state index contributed by atoms with van der Waals surface area (Å²) in [6.45, 7) is 3.64. The minimum absolute atomic E-state index is 0.00466. The Hall–Kier alpha value is -1.22. The monoisotopic (exact) mass is 370 g/mol. The molecule has 8 nitrogen and oxygen atoms in total. The second-order valence-electron chi connectivity index (χ2n) is 7.20. The van der Waals surface area contributed by atoms with E-state index in [1.165, 1.54) is 0 Å². The van der Waals surface area contributed by atoms with E-state index in [2.05, 4.69) is 0 Å². The number of likely N-dealkylation sites (tertiary alicyclic amines) is 2. The topological polar surface area (TPSA) is 77.5 Å². The van der Waals surface area contributed by atoms with E-state index < -0.39 is 0 Å². The van der Waals surface area contributed by atoms with Gasteiger partial charge in [0.1, 0.15) is 6.61 Å². The smallest absolute Gasteiger partial charge is 0.254 e. The summed E-state index contributed by atoms with van der Waals surface area (Å²) in [4.78, 5) is 28.7. The molecule has 0 bridgehead atoms. The number of methoxy groups -OCH3 is 2. The summed E-state index contributed by atoms with van der Waals surface area (Å²) in [5.41, 5.74) is -0.218. The molecular weight excluding hydrogens is 340 g/mol. The van der Waals surface area contributed by atoms with Crippen LogP contribution in [0.3, 0.4) is 0 Å². The Morgan fingerprint density at radius 2 is 1.88 bits per heavy atom. The molecule has 0 aromatic heterocycles. The van der Waals surface area contributed by atoms with Crippen LogP contribution in [0.2, 0.25) is 0 Å². The summed E-state index contributed by atoms with van der Waals surface area (Å²) in [7, 11) is 3.22. The number of carbonyl (C=O) groups is 2. The van der Waals surface area contributed by atoms with Gasteiger partial charge in [-0.2, -0.15) is 0 Å². The summed E-state index contributed by atoms with van der Waals surface area (Å²) in [5.74, 6) is 0.0899. The normalized spacial score (nSPS) is 26.2. The van der Waals surface area contributed by atoms with Crippen molar-refractivity contribution in [1.82, 2.24) is 9.80 Å². The fourth-order valence-corrected chi connectivity index (χ4v) is 4.49. The molecule has 0 aliphatic carbocycles. The van der Waals surface area contributed by atoms with Gasteiger partial charge in [-0.25, -0.2) is 0 Å². The molecule has 26 heavy (non-hydrogen) atoms. The van der Waals surface area contributed by atoms with E-state index in [1.807, 2.05) is 9.80 Å². The zero-order chi connectivity index (χ0) is 18.6. The Bertz CT molecular complexity index is 500. The van der Waals surface area contributed by atoms with E-state index in [0.717, 1.165) is 25.7 Å². The minimum Gasteiger partial charge on any atom is -0.382 e. The SMILES string of the molecule is COCCOCC(=O)N1CCC(N2C(=O)C(OC)C23CCOCC3)CC1. The Morgan fingerprint density at radius 1 is 1.19 bits per heavy atom. The standard InChI is InChI=1S/C18H30N2O6/c1-23-11-12-26-13-15(21)19-7-3-14(4-8-19)20-17(22)16(24-2)18(20)5-9-25-10-6-18/h14,16H,3-13H2,1-2H3. The van der Waals surface area contributed by atoms with Crippen molar-refractivity contribution in [3.63, 3.8) is 0 Å². The molecule has 1 unspecified atom stereocenters. The zero-order valence-electron chi connectivity index (χ0n) is 15.8. The van der Waals surface area contributed by atoms with Crippen LogP contribution in [0.15, 0.2) is 0 Å². The molecule has 1 spiro atoms. The number of ether oxygens (including phenoxy) is 4. The molecule has 3 rings (SSSR count). The van der Waals surface area contributed by atoms with Gasteiger partial charge in [0.05, 0.1) is 18.8 Å². The van der Waals surface area contributed by atoms with Crippen LogP contribution in [0.1, 0.15) is 25.7 Å². The maximum atomic E-state index is 12.6. The molecular formula is C18H30N2O6. The molecule has 2 amide bonds. The van der Waals surface area contributed by atoms with Crippen LogP contribution in [0.25, 0.3) is 0 Å².